The fraction of sp³-hybridized carbons (Fsp3) is 0.333. The molecule has 5 nitrogen and oxygen atoms in total. The quantitative estimate of drug-likeness (QED) is 0.706. The van der Waals surface area contributed by atoms with Crippen molar-refractivity contribution < 1.29 is 9.53 Å². The third kappa shape index (κ3) is 2.23. The topological polar surface area (TPSA) is 65.0 Å². The Morgan fingerprint density at radius 2 is 2.42 bits per heavy atom. The molecule has 0 radical (unpaired) electrons. The van der Waals surface area contributed by atoms with Gasteiger partial charge < -0.3 is 4.74 Å². The second kappa shape index (κ2) is 4.10. The van der Waals surface area contributed by atoms with Crippen molar-refractivity contribution in [2.45, 2.75) is 6.92 Å². The second-order valence-electron chi connectivity index (χ2n) is 1.83. The van der Waals surface area contributed by atoms with Crippen LogP contribution in [0.5, 0.6) is 0 Å². The highest BCUT2D eigenvalue weighted by molar-refractivity contribution is 9.10. The van der Waals surface area contributed by atoms with Crippen LogP contribution >= 0.6 is 15.9 Å². The van der Waals surface area contributed by atoms with Gasteiger partial charge in [0.1, 0.15) is 0 Å². The van der Waals surface area contributed by atoms with Crippen molar-refractivity contribution >= 4 is 21.9 Å². The zero-order valence-electron chi connectivity index (χ0n) is 6.32. The Balaban J connectivity index is 2.75. The molecule has 64 valence electrons. The molecule has 1 aromatic heterocycles. The minimum Gasteiger partial charge on any atom is -0.461 e. The lowest BCUT2D eigenvalue weighted by Gasteiger charge is -1.97. The number of nitrogens with zero attached hydrogens (tertiary/aromatic N) is 3. The Labute approximate surface area is 77.3 Å². The van der Waals surface area contributed by atoms with Crippen molar-refractivity contribution in [3.05, 3.63) is 16.6 Å². The molecule has 0 atom stereocenters. The number of rotatable bonds is 2. The molecule has 0 saturated carbocycles. The van der Waals surface area contributed by atoms with Gasteiger partial charge in [0.05, 0.1) is 12.8 Å². The molecule has 1 aromatic rings. The predicted octanol–water partition coefficient (Wildman–Crippen LogP) is 0.811. The van der Waals surface area contributed by atoms with Crippen LogP contribution in [0.15, 0.2) is 10.9 Å². The number of aromatic nitrogens is 3. The van der Waals surface area contributed by atoms with Crippen molar-refractivity contribution in [2.24, 2.45) is 0 Å². The van der Waals surface area contributed by atoms with Gasteiger partial charge in [-0.25, -0.2) is 9.78 Å². The highest BCUT2D eigenvalue weighted by Gasteiger charge is 2.08. The highest BCUT2D eigenvalue weighted by Crippen LogP contribution is 1.99. The van der Waals surface area contributed by atoms with Crippen LogP contribution in [0, 0.1) is 0 Å². The molecule has 0 aliphatic heterocycles. The Morgan fingerprint density at radius 3 is 2.92 bits per heavy atom. The lowest BCUT2D eigenvalue weighted by Crippen LogP contribution is -2.08. The minimum atomic E-state index is -0.509. The van der Waals surface area contributed by atoms with Gasteiger partial charge in [-0.3, -0.25) is 0 Å². The van der Waals surface area contributed by atoms with Gasteiger partial charge in [0.2, 0.25) is 4.73 Å². The maximum absolute atomic E-state index is 11.0. The van der Waals surface area contributed by atoms with Crippen LogP contribution in [0.25, 0.3) is 0 Å². The Bertz CT molecular complexity index is 275. The number of carbonyl (C=O) groups excluding carboxylic acids is 1. The highest BCUT2D eigenvalue weighted by atomic mass is 79.9. The summed E-state index contributed by atoms with van der Waals surface area (Å²) in [4.78, 5) is 14.7. The van der Waals surface area contributed by atoms with Crippen molar-refractivity contribution in [1.82, 2.24) is 15.2 Å². The maximum Gasteiger partial charge on any atom is 0.360 e. The Morgan fingerprint density at radius 1 is 1.67 bits per heavy atom. The van der Waals surface area contributed by atoms with E-state index in [0.717, 1.165) is 0 Å². The van der Waals surface area contributed by atoms with Gasteiger partial charge >= 0.3 is 5.97 Å². The molecule has 1 rings (SSSR count). The van der Waals surface area contributed by atoms with Crippen LogP contribution in [-0.2, 0) is 4.74 Å². The lowest BCUT2D eigenvalue weighted by molar-refractivity contribution is 0.0517. The summed E-state index contributed by atoms with van der Waals surface area (Å²) in [5.41, 5.74) is 0.111. The number of halogens is 1. The SMILES string of the molecule is CCOC(=O)c1cnc(Br)nn1. The van der Waals surface area contributed by atoms with Crippen LogP contribution in [0.3, 0.4) is 0 Å². The van der Waals surface area contributed by atoms with Gasteiger partial charge in [-0.2, -0.15) is 0 Å². The van der Waals surface area contributed by atoms with E-state index in [1.807, 2.05) is 0 Å². The molecule has 0 bridgehead atoms. The van der Waals surface area contributed by atoms with E-state index in [4.69, 9.17) is 0 Å². The van der Waals surface area contributed by atoms with Crippen molar-refractivity contribution in [2.75, 3.05) is 6.61 Å². The molecule has 6 heteroatoms. The van der Waals surface area contributed by atoms with Crippen molar-refractivity contribution in [1.29, 1.82) is 0 Å². The third-order valence-corrected chi connectivity index (χ3v) is 1.38. The van der Waals surface area contributed by atoms with Crippen LogP contribution in [0.1, 0.15) is 17.4 Å². The lowest BCUT2D eigenvalue weighted by atomic mass is 10.5. The van der Waals surface area contributed by atoms with E-state index in [1.54, 1.807) is 6.92 Å². The molecular weight excluding hydrogens is 226 g/mol. The number of ether oxygens (including phenoxy) is 1. The van der Waals surface area contributed by atoms with Gasteiger partial charge in [0, 0.05) is 0 Å². The summed E-state index contributed by atoms with van der Waals surface area (Å²) in [6, 6.07) is 0. The average Bonchev–Trinajstić information content (AvgIpc) is 2.06. The summed E-state index contributed by atoms with van der Waals surface area (Å²) in [5, 5.41) is 7.10. The first-order chi connectivity index (χ1) is 5.74. The number of carbonyl (C=O) groups is 1. The molecule has 0 spiro atoms. The number of hydrogen-bond donors (Lipinski definition) is 0. The van der Waals surface area contributed by atoms with Gasteiger partial charge in [0.15, 0.2) is 5.69 Å². The summed E-state index contributed by atoms with van der Waals surface area (Å²) in [7, 11) is 0. The van der Waals surface area contributed by atoms with Crippen LogP contribution in [0.4, 0.5) is 0 Å². The molecule has 1 heterocycles. The van der Waals surface area contributed by atoms with Gasteiger partial charge in [0.25, 0.3) is 0 Å². The van der Waals surface area contributed by atoms with E-state index < -0.39 is 5.97 Å². The van der Waals surface area contributed by atoms with Gasteiger partial charge in [-0.15, -0.1) is 10.2 Å². The van der Waals surface area contributed by atoms with E-state index >= 15 is 0 Å². The standard InChI is InChI=1S/C6H6BrN3O2/c1-2-12-5(11)4-3-8-6(7)10-9-4/h3H,2H2,1H3. The monoisotopic (exact) mass is 231 g/mol. The predicted molar refractivity (Wildman–Crippen MR) is 43.5 cm³/mol. The van der Waals surface area contributed by atoms with E-state index in [9.17, 15) is 4.79 Å². The molecule has 0 aliphatic rings. The van der Waals surface area contributed by atoms with Gasteiger partial charge in [-0.05, 0) is 22.9 Å². The molecule has 0 aromatic carbocycles. The average molecular weight is 232 g/mol. The third-order valence-electron chi connectivity index (χ3n) is 1.02. The van der Waals surface area contributed by atoms with Crippen LogP contribution in [0.2, 0.25) is 0 Å². The zero-order chi connectivity index (χ0) is 8.97. The molecule has 0 unspecified atom stereocenters. The fourth-order valence-corrected chi connectivity index (χ4v) is 0.741. The first-order valence-corrected chi connectivity index (χ1v) is 4.05. The molecule has 12 heavy (non-hydrogen) atoms. The minimum absolute atomic E-state index is 0.111. The molecule has 0 aliphatic carbocycles. The summed E-state index contributed by atoms with van der Waals surface area (Å²) >= 11 is 3.00. The van der Waals surface area contributed by atoms with E-state index in [-0.39, 0.29) is 5.69 Å². The second-order valence-corrected chi connectivity index (χ2v) is 2.54. The molecule has 0 amide bonds. The van der Waals surface area contributed by atoms with E-state index in [1.165, 1.54) is 6.20 Å². The number of hydrogen-bond acceptors (Lipinski definition) is 5. The van der Waals surface area contributed by atoms with Crippen molar-refractivity contribution in [3.8, 4) is 0 Å². The maximum atomic E-state index is 11.0. The van der Waals surface area contributed by atoms with Crippen LogP contribution in [-0.4, -0.2) is 27.8 Å². The zero-order valence-corrected chi connectivity index (χ0v) is 7.91. The summed E-state index contributed by atoms with van der Waals surface area (Å²) in [6.45, 7) is 2.04. The smallest absolute Gasteiger partial charge is 0.360 e. The molecule has 0 saturated heterocycles. The Hall–Kier alpha value is -1.04. The van der Waals surface area contributed by atoms with E-state index in [0.29, 0.717) is 11.3 Å². The molecule has 0 N–H and O–H groups in total. The fourth-order valence-electron chi connectivity index (χ4n) is 0.560. The summed E-state index contributed by atoms with van der Waals surface area (Å²) in [6.07, 6.45) is 1.30. The molecular formula is C6H6BrN3O2. The van der Waals surface area contributed by atoms with Crippen molar-refractivity contribution in [3.63, 3.8) is 0 Å². The normalized spacial score (nSPS) is 9.50. The first kappa shape index (κ1) is 9.05. The Kier molecular flexibility index (Phi) is 3.09. The first-order valence-electron chi connectivity index (χ1n) is 3.26. The van der Waals surface area contributed by atoms with Gasteiger partial charge in [-0.1, -0.05) is 0 Å². The van der Waals surface area contributed by atoms with Crippen LogP contribution < -0.4 is 0 Å². The largest absolute Gasteiger partial charge is 0.461 e. The summed E-state index contributed by atoms with van der Waals surface area (Å²) in [5.74, 6) is -0.509. The van der Waals surface area contributed by atoms with E-state index in [2.05, 4.69) is 35.8 Å². The number of esters is 1. The molecule has 0 fully saturated rings. The summed E-state index contributed by atoms with van der Waals surface area (Å²) < 4.78 is 5.01.